The Bertz CT molecular complexity index is 2780. The van der Waals surface area contributed by atoms with Gasteiger partial charge in [-0.15, -0.1) is 10.2 Å². The van der Waals surface area contributed by atoms with Gasteiger partial charge in [0.2, 0.25) is 23.3 Å². The van der Waals surface area contributed by atoms with E-state index in [4.69, 9.17) is 21.4 Å². The highest BCUT2D eigenvalue weighted by molar-refractivity contribution is 6.32. The van der Waals surface area contributed by atoms with Gasteiger partial charge in [0.05, 0.1) is 35.3 Å². The van der Waals surface area contributed by atoms with E-state index >= 15 is 0 Å². The third kappa shape index (κ3) is 8.85. The van der Waals surface area contributed by atoms with E-state index in [-0.39, 0.29) is 23.0 Å². The fourth-order valence-electron chi connectivity index (χ4n) is 12.3. The van der Waals surface area contributed by atoms with Crippen LogP contribution in [0.1, 0.15) is 94.8 Å². The molecule has 6 aliphatic heterocycles. The van der Waals surface area contributed by atoms with Crippen molar-refractivity contribution in [2.75, 3.05) is 73.6 Å². The van der Waals surface area contributed by atoms with Crippen molar-refractivity contribution in [1.29, 1.82) is 5.26 Å². The molecule has 14 nitrogen and oxygen atoms in total. The van der Waals surface area contributed by atoms with Crippen LogP contribution in [0.3, 0.4) is 0 Å². The molecule has 1 saturated carbocycles. The summed E-state index contributed by atoms with van der Waals surface area (Å²) in [5, 5.41) is 28.5. The normalized spacial score (nSPS) is 22.8. The van der Waals surface area contributed by atoms with Crippen LogP contribution in [0.2, 0.25) is 5.02 Å². The summed E-state index contributed by atoms with van der Waals surface area (Å²) in [5.74, 6) is 2.84. The van der Waals surface area contributed by atoms with E-state index in [1.807, 2.05) is 41.3 Å². The van der Waals surface area contributed by atoms with Gasteiger partial charge < -0.3 is 24.3 Å². The Kier molecular flexibility index (Phi) is 12.2. The van der Waals surface area contributed by atoms with Gasteiger partial charge in [0.1, 0.15) is 12.2 Å². The van der Waals surface area contributed by atoms with Gasteiger partial charge in [-0.1, -0.05) is 16.3 Å². The molecule has 0 radical (unpaired) electrons. The second-order valence-electron chi connectivity index (χ2n) is 20.5. The molecule has 4 aromatic rings. The number of aromatic nitrogens is 4. The minimum Gasteiger partial charge on any atom is -0.471 e. The first-order chi connectivity index (χ1) is 33.4. The summed E-state index contributed by atoms with van der Waals surface area (Å²) >= 11 is 6.40. The minimum absolute atomic E-state index is 0.00794. The van der Waals surface area contributed by atoms with Gasteiger partial charge in [-0.05, 0) is 111 Å². The Hall–Kier alpha value is -5.92. The van der Waals surface area contributed by atoms with Crippen LogP contribution in [0.4, 0.5) is 26.0 Å². The zero-order chi connectivity index (χ0) is 47.6. The number of nitrogens with zero attached hydrogens (tertiary/aromatic N) is 12. The first-order valence-corrected chi connectivity index (χ1v) is 25.2. The van der Waals surface area contributed by atoms with Gasteiger partial charge in [0.15, 0.2) is 11.5 Å². The van der Waals surface area contributed by atoms with Gasteiger partial charge in [-0.3, -0.25) is 14.4 Å². The Balaban J connectivity index is 0.691. The highest BCUT2D eigenvalue weighted by atomic mass is 35.5. The average molecular weight is 959 g/mol. The summed E-state index contributed by atoms with van der Waals surface area (Å²) in [6.07, 6.45) is 10.5. The molecule has 0 unspecified atom stereocenters. The molecule has 0 bridgehead atoms. The number of hydrogen-bond acceptors (Lipinski definition) is 11. The fourth-order valence-corrected chi connectivity index (χ4v) is 12.5. The van der Waals surface area contributed by atoms with Crippen LogP contribution >= 0.6 is 11.6 Å². The van der Waals surface area contributed by atoms with E-state index in [0.717, 1.165) is 137 Å². The van der Waals surface area contributed by atoms with Crippen molar-refractivity contribution < 1.29 is 23.0 Å². The van der Waals surface area contributed by atoms with Crippen molar-refractivity contribution in [3.8, 4) is 23.1 Å². The van der Waals surface area contributed by atoms with Crippen LogP contribution in [0, 0.1) is 22.7 Å². The molecule has 0 N–H and O–H groups in total. The Labute approximate surface area is 407 Å². The predicted octanol–water partition coefficient (Wildman–Crippen LogP) is 8.22. The van der Waals surface area contributed by atoms with Crippen LogP contribution in [-0.2, 0) is 18.3 Å². The third-order valence-corrected chi connectivity index (χ3v) is 16.3. The van der Waals surface area contributed by atoms with E-state index in [2.05, 4.69) is 52.6 Å². The third-order valence-electron chi connectivity index (χ3n) is 16.0. The number of fused-ring (bicyclic) bond motifs is 1. The molecule has 2 aromatic carbocycles. The van der Waals surface area contributed by atoms with Crippen molar-refractivity contribution in [2.24, 2.45) is 23.5 Å². The van der Waals surface area contributed by atoms with E-state index in [9.17, 15) is 18.8 Å². The topological polar surface area (TPSA) is 125 Å². The van der Waals surface area contributed by atoms with Gasteiger partial charge in [-0.25, -0.2) is 8.78 Å². The molecule has 1 atom stereocenters. The predicted molar refractivity (Wildman–Crippen MR) is 262 cm³/mol. The molecule has 17 heteroatoms. The second-order valence-corrected chi connectivity index (χ2v) is 20.9. The lowest BCUT2D eigenvalue weighted by atomic mass is 9.77. The molecule has 11 rings (SSSR count). The molecule has 7 aliphatic rings. The van der Waals surface area contributed by atoms with Crippen molar-refractivity contribution in [2.45, 2.75) is 96.6 Å². The van der Waals surface area contributed by atoms with E-state index < -0.39 is 6.43 Å². The lowest BCUT2D eigenvalue weighted by molar-refractivity contribution is -0.484. The largest absolute Gasteiger partial charge is 0.471 e. The fraction of sp³-hybridized carbons (Fsp3) is 0.519. The van der Waals surface area contributed by atoms with Crippen molar-refractivity contribution >= 4 is 46.2 Å². The van der Waals surface area contributed by atoms with Gasteiger partial charge in [0, 0.05) is 125 Å². The zero-order valence-corrected chi connectivity index (χ0v) is 40.5. The second kappa shape index (κ2) is 18.4. The Morgan fingerprint density at radius 1 is 1.03 bits per heavy atom. The van der Waals surface area contributed by atoms with E-state index in [0.29, 0.717) is 65.6 Å². The number of amides is 1. The molecule has 1 amide bonds. The zero-order valence-electron chi connectivity index (χ0n) is 39.8. The molecular formula is C52H60ClF2N12O2+. The van der Waals surface area contributed by atoms with E-state index in [1.54, 1.807) is 37.1 Å². The summed E-state index contributed by atoms with van der Waals surface area (Å²) in [5.41, 5.74) is 8.30. The van der Waals surface area contributed by atoms with Gasteiger partial charge in [-0.2, -0.15) is 10.4 Å². The number of anilines is 3. The van der Waals surface area contributed by atoms with Crippen LogP contribution in [0.5, 0.6) is 5.88 Å². The SMILES string of the molecule is CC(=O)N1CCC2=C(C1)C(N1CCCc3cc(-c4cnn(C)c4)c(C(F)F)cc31)=N[N+]2=C1CCC(CN2CC(Oc3ccc(N4CCC5(CC4)C[C@H](C)N(c4ccc(C#N)c(Cl)c4)C5)nn3)C2)CC1. The number of rotatable bonds is 8. The monoisotopic (exact) mass is 957 g/mol. The smallest absolute Gasteiger partial charge is 0.264 e. The molecular weight excluding hydrogens is 898 g/mol. The number of hydrazone groups is 1. The number of likely N-dealkylation sites (tertiary alicyclic amines) is 1. The average Bonchev–Trinajstić information content (AvgIpc) is 4.05. The molecule has 2 aromatic heterocycles. The van der Waals surface area contributed by atoms with Crippen LogP contribution < -0.4 is 19.4 Å². The van der Waals surface area contributed by atoms with Crippen molar-refractivity contribution in [1.82, 2.24) is 29.8 Å². The van der Waals surface area contributed by atoms with Gasteiger partial charge >= 0.3 is 0 Å². The number of carbonyl (C=O) groups excluding carboxylic acids is 1. The van der Waals surface area contributed by atoms with Crippen LogP contribution in [0.25, 0.3) is 11.1 Å². The summed E-state index contributed by atoms with van der Waals surface area (Å²) in [6, 6.07) is 15.9. The number of halogens is 3. The van der Waals surface area contributed by atoms with E-state index in [1.165, 1.54) is 5.71 Å². The maximum Gasteiger partial charge on any atom is 0.264 e. The lowest BCUT2D eigenvalue weighted by Gasteiger charge is -2.41. The number of ether oxygens (including phenoxy) is 1. The molecule has 4 fully saturated rings. The number of amidine groups is 1. The summed E-state index contributed by atoms with van der Waals surface area (Å²) in [7, 11) is 1.79. The number of nitriles is 1. The highest BCUT2D eigenvalue weighted by Gasteiger charge is 2.46. The molecule has 3 saturated heterocycles. The number of benzene rings is 2. The molecule has 8 heterocycles. The van der Waals surface area contributed by atoms with Crippen LogP contribution in [0.15, 0.2) is 71.2 Å². The quantitative estimate of drug-likeness (QED) is 0.160. The Morgan fingerprint density at radius 3 is 2.54 bits per heavy atom. The summed E-state index contributed by atoms with van der Waals surface area (Å²) in [4.78, 5) is 24.0. The van der Waals surface area contributed by atoms with Crippen molar-refractivity contribution in [3.05, 3.63) is 87.8 Å². The summed E-state index contributed by atoms with van der Waals surface area (Å²) in [6.45, 7) is 11.3. The lowest BCUT2D eigenvalue weighted by Crippen LogP contribution is -2.55. The number of alkyl halides is 2. The number of hydrogen-bond donors (Lipinski definition) is 0. The number of carbonyl (C=O) groups is 1. The summed E-state index contributed by atoms with van der Waals surface area (Å²) < 4.78 is 39.6. The maximum atomic E-state index is 14.8. The van der Waals surface area contributed by atoms with Gasteiger partial charge in [0.25, 0.3) is 6.43 Å². The molecule has 1 aliphatic carbocycles. The maximum absolute atomic E-state index is 14.8. The van der Waals surface area contributed by atoms with Crippen molar-refractivity contribution in [3.63, 3.8) is 0 Å². The minimum atomic E-state index is -2.65. The Morgan fingerprint density at radius 2 is 1.84 bits per heavy atom. The molecule has 1 spiro atoms. The standard InChI is InChI=1S/C52H60ClF2N12O2/c1-33-24-52(32-66(33)40-11-8-37(25-56)45(53)22-40)15-19-63(20-16-52)48-12-13-49(59-58-48)69-41-29-62(30-41)27-35-6-9-39(10-7-35)67-46-14-18-64(34(2)68)31-44(46)51(60-67)65-17-4-5-36-21-42(38-26-57-61(3)28-38)43(50(54)55)23-47(36)65/h8,11-13,21-23,26,28,33,35,41,50H,4-7,9-10,14-20,24,27,29-32H2,1-3H3/q+1/t33-,35?/m0/s1. The number of aryl methyl sites for hydroxylation is 2. The number of piperidine rings is 1. The first kappa shape index (κ1) is 45.5. The molecule has 69 heavy (non-hydrogen) atoms. The first-order valence-electron chi connectivity index (χ1n) is 24.8. The highest BCUT2D eigenvalue weighted by Crippen LogP contribution is 2.46. The molecule has 360 valence electrons. The van der Waals surface area contributed by atoms with Crippen LogP contribution in [-0.4, -0.2) is 123 Å².